The summed E-state index contributed by atoms with van der Waals surface area (Å²) in [5.41, 5.74) is 0. The van der Waals surface area contributed by atoms with Crippen molar-refractivity contribution < 1.29 is 14.6 Å². The summed E-state index contributed by atoms with van der Waals surface area (Å²) in [5.74, 6) is -0.834. The van der Waals surface area contributed by atoms with Gasteiger partial charge in [0.1, 0.15) is 6.04 Å². The first-order chi connectivity index (χ1) is 5.68. The molecule has 1 atom stereocenters. The maximum absolute atomic E-state index is 10.3. The second-order valence-corrected chi connectivity index (χ2v) is 2.41. The molecule has 0 radical (unpaired) electrons. The molecule has 0 spiro atoms. The van der Waals surface area contributed by atoms with Crippen LogP contribution >= 0.6 is 0 Å². The molecule has 2 N–H and O–H groups in total. The van der Waals surface area contributed by atoms with Crippen molar-refractivity contribution in [1.29, 1.82) is 0 Å². The van der Waals surface area contributed by atoms with E-state index < -0.39 is 12.0 Å². The molecule has 4 nitrogen and oxygen atoms in total. The first-order valence-electron chi connectivity index (χ1n) is 3.87. The SMILES string of the molecule is C=COCCCNC(C)C(=O)O. The molecule has 0 aromatic rings. The zero-order valence-electron chi connectivity index (χ0n) is 7.25. The lowest BCUT2D eigenvalue weighted by Crippen LogP contribution is -2.34. The molecule has 0 aliphatic carbocycles. The van der Waals surface area contributed by atoms with Crippen LogP contribution < -0.4 is 5.32 Å². The van der Waals surface area contributed by atoms with Gasteiger partial charge in [0, 0.05) is 0 Å². The van der Waals surface area contributed by atoms with Gasteiger partial charge in [0.05, 0.1) is 12.9 Å². The van der Waals surface area contributed by atoms with Gasteiger partial charge in [-0.3, -0.25) is 4.79 Å². The van der Waals surface area contributed by atoms with Crippen LogP contribution in [0.1, 0.15) is 13.3 Å². The summed E-state index contributed by atoms with van der Waals surface area (Å²) < 4.78 is 4.85. The van der Waals surface area contributed by atoms with Crippen molar-refractivity contribution in [3.05, 3.63) is 12.8 Å². The summed E-state index contributed by atoms with van der Waals surface area (Å²) >= 11 is 0. The Bertz CT molecular complexity index is 147. The molecule has 0 aliphatic rings. The van der Waals surface area contributed by atoms with E-state index in [1.807, 2.05) is 0 Å². The molecule has 12 heavy (non-hydrogen) atoms. The number of hydrogen-bond acceptors (Lipinski definition) is 3. The van der Waals surface area contributed by atoms with Crippen molar-refractivity contribution in [2.24, 2.45) is 0 Å². The average molecular weight is 173 g/mol. The predicted octanol–water partition coefficient (Wildman–Crippen LogP) is 0.599. The van der Waals surface area contributed by atoms with Gasteiger partial charge < -0.3 is 15.2 Å². The van der Waals surface area contributed by atoms with Gasteiger partial charge in [0.2, 0.25) is 0 Å². The smallest absolute Gasteiger partial charge is 0.320 e. The van der Waals surface area contributed by atoms with Crippen LogP contribution in [-0.4, -0.2) is 30.3 Å². The molecule has 4 heteroatoms. The van der Waals surface area contributed by atoms with Crippen molar-refractivity contribution in [1.82, 2.24) is 5.32 Å². The van der Waals surface area contributed by atoms with Crippen LogP contribution in [0.15, 0.2) is 12.8 Å². The monoisotopic (exact) mass is 173 g/mol. The highest BCUT2D eigenvalue weighted by atomic mass is 16.5. The Morgan fingerprint density at radius 2 is 2.50 bits per heavy atom. The molecule has 0 saturated heterocycles. The molecule has 0 bridgehead atoms. The van der Waals surface area contributed by atoms with E-state index >= 15 is 0 Å². The third-order valence-electron chi connectivity index (χ3n) is 1.38. The van der Waals surface area contributed by atoms with E-state index in [4.69, 9.17) is 9.84 Å². The molecule has 0 aromatic heterocycles. The predicted molar refractivity (Wildman–Crippen MR) is 45.9 cm³/mol. The number of ether oxygens (including phenoxy) is 1. The van der Waals surface area contributed by atoms with Crippen LogP contribution in [0.5, 0.6) is 0 Å². The first-order valence-corrected chi connectivity index (χ1v) is 3.87. The fourth-order valence-electron chi connectivity index (χ4n) is 0.645. The van der Waals surface area contributed by atoms with E-state index in [2.05, 4.69) is 11.9 Å². The largest absolute Gasteiger partial charge is 0.502 e. The molecular formula is C8H15NO3. The van der Waals surface area contributed by atoms with Crippen LogP contribution in [0.2, 0.25) is 0 Å². The van der Waals surface area contributed by atoms with Crippen molar-refractivity contribution in [3.63, 3.8) is 0 Å². The van der Waals surface area contributed by atoms with E-state index in [9.17, 15) is 4.79 Å². The molecule has 0 saturated carbocycles. The lowest BCUT2D eigenvalue weighted by Gasteiger charge is -2.07. The second kappa shape index (κ2) is 6.67. The number of carboxylic acids is 1. The van der Waals surface area contributed by atoms with Crippen molar-refractivity contribution in [2.45, 2.75) is 19.4 Å². The van der Waals surface area contributed by atoms with Crippen molar-refractivity contribution in [2.75, 3.05) is 13.2 Å². The molecular weight excluding hydrogens is 158 g/mol. The Kier molecular flexibility index (Phi) is 6.09. The Labute approximate surface area is 72.2 Å². The lowest BCUT2D eigenvalue weighted by molar-refractivity contribution is -0.139. The zero-order chi connectivity index (χ0) is 9.40. The summed E-state index contributed by atoms with van der Waals surface area (Å²) in [5, 5.41) is 11.3. The zero-order valence-corrected chi connectivity index (χ0v) is 7.25. The highest BCUT2D eigenvalue weighted by Crippen LogP contribution is 1.84. The minimum atomic E-state index is -0.834. The third kappa shape index (κ3) is 5.73. The summed E-state index contributed by atoms with van der Waals surface area (Å²) in [7, 11) is 0. The molecule has 1 unspecified atom stereocenters. The van der Waals surface area contributed by atoms with Crippen LogP contribution in [0.25, 0.3) is 0 Å². The van der Waals surface area contributed by atoms with Crippen molar-refractivity contribution in [3.8, 4) is 0 Å². The van der Waals surface area contributed by atoms with E-state index in [0.29, 0.717) is 13.2 Å². The van der Waals surface area contributed by atoms with Gasteiger partial charge in [0.15, 0.2) is 0 Å². The molecule has 0 aromatic carbocycles. The normalized spacial score (nSPS) is 12.1. The standard InChI is InChI=1S/C8H15NO3/c1-3-12-6-4-5-9-7(2)8(10)11/h3,7,9H,1,4-6H2,2H3,(H,10,11). The first kappa shape index (κ1) is 11.0. The van der Waals surface area contributed by atoms with Crippen LogP contribution in [-0.2, 0) is 9.53 Å². The number of aliphatic carboxylic acids is 1. The fourth-order valence-corrected chi connectivity index (χ4v) is 0.645. The van der Waals surface area contributed by atoms with Gasteiger partial charge in [-0.05, 0) is 19.9 Å². The molecule has 70 valence electrons. The van der Waals surface area contributed by atoms with E-state index in [0.717, 1.165) is 6.42 Å². The number of hydrogen-bond donors (Lipinski definition) is 2. The highest BCUT2D eigenvalue weighted by molar-refractivity contribution is 5.72. The van der Waals surface area contributed by atoms with Crippen LogP contribution in [0.3, 0.4) is 0 Å². The van der Waals surface area contributed by atoms with Gasteiger partial charge in [-0.15, -0.1) is 0 Å². The van der Waals surface area contributed by atoms with Gasteiger partial charge in [-0.1, -0.05) is 6.58 Å². The Balaban J connectivity index is 3.19. The van der Waals surface area contributed by atoms with Gasteiger partial charge in [-0.25, -0.2) is 0 Å². The third-order valence-corrected chi connectivity index (χ3v) is 1.38. The van der Waals surface area contributed by atoms with Crippen LogP contribution in [0.4, 0.5) is 0 Å². The van der Waals surface area contributed by atoms with E-state index in [-0.39, 0.29) is 0 Å². The Morgan fingerprint density at radius 1 is 1.83 bits per heavy atom. The van der Waals surface area contributed by atoms with Crippen molar-refractivity contribution >= 4 is 5.97 Å². The summed E-state index contributed by atoms with van der Waals surface area (Å²) in [6.07, 6.45) is 2.16. The van der Waals surface area contributed by atoms with Crippen LogP contribution in [0, 0.1) is 0 Å². The minimum Gasteiger partial charge on any atom is -0.502 e. The minimum absolute atomic E-state index is 0.492. The number of rotatable bonds is 7. The lowest BCUT2D eigenvalue weighted by atomic mass is 10.3. The summed E-state index contributed by atoms with van der Waals surface area (Å²) in [6.45, 7) is 6.21. The number of carboxylic acid groups (broad SMARTS) is 1. The molecule has 0 heterocycles. The molecule has 0 rings (SSSR count). The van der Waals surface area contributed by atoms with Gasteiger partial charge >= 0.3 is 5.97 Å². The summed E-state index contributed by atoms with van der Waals surface area (Å²) in [6, 6.07) is -0.492. The highest BCUT2D eigenvalue weighted by Gasteiger charge is 2.07. The quantitative estimate of drug-likeness (QED) is 0.437. The second-order valence-electron chi connectivity index (χ2n) is 2.41. The molecule has 0 amide bonds. The Morgan fingerprint density at radius 3 is 3.00 bits per heavy atom. The van der Waals surface area contributed by atoms with E-state index in [1.165, 1.54) is 6.26 Å². The Hall–Kier alpha value is -1.03. The fraction of sp³-hybridized carbons (Fsp3) is 0.625. The average Bonchev–Trinajstić information content (AvgIpc) is 2.03. The maximum Gasteiger partial charge on any atom is 0.320 e. The molecule has 0 fully saturated rings. The summed E-state index contributed by atoms with van der Waals surface area (Å²) in [4.78, 5) is 10.3. The molecule has 0 aliphatic heterocycles. The van der Waals surface area contributed by atoms with Gasteiger partial charge in [0.25, 0.3) is 0 Å². The number of carbonyl (C=O) groups is 1. The topological polar surface area (TPSA) is 58.6 Å². The number of nitrogens with one attached hydrogen (secondary N) is 1. The maximum atomic E-state index is 10.3. The van der Waals surface area contributed by atoms with E-state index in [1.54, 1.807) is 6.92 Å². The van der Waals surface area contributed by atoms with Gasteiger partial charge in [-0.2, -0.15) is 0 Å².